The first-order valence-corrected chi connectivity index (χ1v) is 12.3. The molecule has 2 heterocycles. The second-order valence-electron chi connectivity index (χ2n) is 9.46. The van der Waals surface area contributed by atoms with Crippen LogP contribution in [-0.4, -0.2) is 42.2 Å². The second kappa shape index (κ2) is 10.1. The van der Waals surface area contributed by atoms with Gasteiger partial charge in [0.25, 0.3) is 0 Å². The van der Waals surface area contributed by atoms with Crippen molar-refractivity contribution >= 4 is 16.9 Å². The Morgan fingerprint density at radius 1 is 0.944 bits per heavy atom. The predicted molar refractivity (Wildman–Crippen MR) is 140 cm³/mol. The number of hydrogen-bond acceptors (Lipinski definition) is 5. The van der Waals surface area contributed by atoms with E-state index in [1.165, 1.54) is 5.56 Å². The highest BCUT2D eigenvalue weighted by Gasteiger charge is 2.42. The number of fused-ring (bicyclic) bond motifs is 3. The molecule has 0 unspecified atom stereocenters. The lowest BCUT2D eigenvalue weighted by Gasteiger charge is -2.41. The van der Waals surface area contributed by atoms with Crippen molar-refractivity contribution < 1.29 is 19.0 Å². The van der Waals surface area contributed by atoms with E-state index in [1.807, 2.05) is 50.2 Å². The van der Waals surface area contributed by atoms with Gasteiger partial charge in [-0.3, -0.25) is 9.69 Å². The smallest absolute Gasteiger partial charge is 0.323 e. The van der Waals surface area contributed by atoms with Crippen LogP contribution in [-0.2, 0) is 22.5 Å². The fourth-order valence-electron chi connectivity index (χ4n) is 5.15. The highest BCUT2D eigenvalue weighted by Crippen LogP contribution is 2.42. The van der Waals surface area contributed by atoms with Gasteiger partial charge in [-0.25, -0.2) is 0 Å². The van der Waals surface area contributed by atoms with E-state index in [0.29, 0.717) is 13.0 Å². The Kier molecular flexibility index (Phi) is 6.70. The molecule has 36 heavy (non-hydrogen) atoms. The number of aromatic nitrogens is 1. The van der Waals surface area contributed by atoms with Crippen molar-refractivity contribution in [2.24, 2.45) is 0 Å². The number of para-hydroxylation sites is 1. The zero-order chi connectivity index (χ0) is 25.2. The van der Waals surface area contributed by atoms with Gasteiger partial charge in [0.15, 0.2) is 0 Å². The first kappa shape index (κ1) is 23.9. The van der Waals surface area contributed by atoms with Crippen LogP contribution in [0.15, 0.2) is 72.8 Å². The van der Waals surface area contributed by atoms with E-state index >= 15 is 0 Å². The lowest BCUT2D eigenvalue weighted by atomic mass is 9.87. The van der Waals surface area contributed by atoms with E-state index in [0.717, 1.165) is 39.2 Å². The third-order valence-electron chi connectivity index (χ3n) is 6.83. The average Bonchev–Trinajstić information content (AvgIpc) is 3.26. The molecule has 0 aliphatic carbocycles. The summed E-state index contributed by atoms with van der Waals surface area (Å²) in [4.78, 5) is 19.5. The maximum absolute atomic E-state index is 13.5. The molecular weight excluding hydrogens is 452 g/mol. The van der Waals surface area contributed by atoms with Gasteiger partial charge in [-0.05, 0) is 60.9 Å². The number of ether oxygens (including phenoxy) is 3. The van der Waals surface area contributed by atoms with Crippen LogP contribution in [0, 0.1) is 0 Å². The van der Waals surface area contributed by atoms with Crippen molar-refractivity contribution in [3.05, 3.63) is 95.2 Å². The number of esters is 1. The monoisotopic (exact) mass is 484 g/mol. The summed E-state index contributed by atoms with van der Waals surface area (Å²) in [6.45, 7) is 4.37. The largest absolute Gasteiger partial charge is 0.497 e. The molecule has 0 fully saturated rings. The van der Waals surface area contributed by atoms with E-state index in [9.17, 15) is 4.79 Å². The van der Waals surface area contributed by atoms with Crippen LogP contribution in [0.25, 0.3) is 10.9 Å². The van der Waals surface area contributed by atoms with Crippen LogP contribution in [0.4, 0.5) is 0 Å². The fourth-order valence-corrected chi connectivity index (χ4v) is 5.15. The number of nitrogens with zero attached hydrogens (tertiary/aromatic N) is 1. The molecule has 0 spiro atoms. The van der Waals surface area contributed by atoms with Gasteiger partial charge in [0.05, 0.1) is 26.4 Å². The first-order chi connectivity index (χ1) is 17.5. The van der Waals surface area contributed by atoms with Crippen LogP contribution in [0.3, 0.4) is 0 Å². The molecule has 1 aliphatic rings. The van der Waals surface area contributed by atoms with Crippen molar-refractivity contribution in [3.63, 3.8) is 0 Å². The second-order valence-corrected chi connectivity index (χ2v) is 9.46. The Hall–Kier alpha value is -3.77. The Morgan fingerprint density at radius 3 is 2.22 bits per heavy atom. The molecule has 6 heteroatoms. The van der Waals surface area contributed by atoms with Gasteiger partial charge in [0.2, 0.25) is 0 Å². The number of hydrogen-bond donors (Lipinski definition) is 1. The SMILES string of the molecule is COc1ccc(CN2[C@H](c3ccc(OC)cc3)c3[nH]c4ccccc4c3C[C@H]2C(=O)OC(C)C)cc1. The number of rotatable bonds is 7. The number of H-pyrrole nitrogens is 1. The minimum atomic E-state index is -0.437. The maximum atomic E-state index is 13.5. The van der Waals surface area contributed by atoms with Gasteiger partial charge in [0.1, 0.15) is 17.5 Å². The van der Waals surface area contributed by atoms with Gasteiger partial charge in [-0.2, -0.15) is 0 Å². The standard InChI is InChI=1S/C30H32N2O4/c1-19(2)36-30(33)27-17-25-24-7-5-6-8-26(24)31-28(25)29(21-11-15-23(35-4)16-12-21)32(27)18-20-9-13-22(34-3)14-10-20/h5-16,19,27,29,31H,17-18H2,1-4H3/t27-,29+/m0/s1. The molecule has 1 N–H and O–H groups in total. The van der Waals surface area contributed by atoms with E-state index < -0.39 is 6.04 Å². The van der Waals surface area contributed by atoms with Gasteiger partial charge >= 0.3 is 5.97 Å². The molecule has 0 radical (unpaired) electrons. The third kappa shape index (κ3) is 4.56. The molecule has 4 aromatic rings. The van der Waals surface area contributed by atoms with Crippen molar-refractivity contribution in [2.45, 2.75) is 45.0 Å². The van der Waals surface area contributed by atoms with E-state index in [4.69, 9.17) is 14.2 Å². The molecule has 186 valence electrons. The average molecular weight is 485 g/mol. The molecule has 1 aliphatic heterocycles. The van der Waals surface area contributed by atoms with Crippen molar-refractivity contribution in [1.29, 1.82) is 0 Å². The van der Waals surface area contributed by atoms with E-state index in [-0.39, 0.29) is 18.1 Å². The number of carbonyl (C=O) groups is 1. The van der Waals surface area contributed by atoms with Crippen molar-refractivity contribution in [3.8, 4) is 11.5 Å². The van der Waals surface area contributed by atoms with Crippen LogP contribution in [0.5, 0.6) is 11.5 Å². The highest BCUT2D eigenvalue weighted by atomic mass is 16.5. The molecule has 0 bridgehead atoms. The minimum absolute atomic E-state index is 0.168. The summed E-state index contributed by atoms with van der Waals surface area (Å²) < 4.78 is 16.6. The molecule has 1 aromatic heterocycles. The number of methoxy groups -OCH3 is 2. The lowest BCUT2D eigenvalue weighted by Crippen LogP contribution is -2.49. The summed E-state index contributed by atoms with van der Waals surface area (Å²) in [7, 11) is 3.33. The van der Waals surface area contributed by atoms with Crippen molar-refractivity contribution in [1.82, 2.24) is 9.88 Å². The number of nitrogens with one attached hydrogen (secondary N) is 1. The third-order valence-corrected chi connectivity index (χ3v) is 6.83. The Balaban J connectivity index is 1.66. The molecule has 3 aromatic carbocycles. The van der Waals surface area contributed by atoms with Gasteiger partial charge < -0.3 is 19.2 Å². The van der Waals surface area contributed by atoms with Gasteiger partial charge in [-0.15, -0.1) is 0 Å². The quantitative estimate of drug-likeness (QED) is 0.343. The van der Waals surface area contributed by atoms with Crippen LogP contribution >= 0.6 is 0 Å². The Labute approximate surface area is 211 Å². The summed E-state index contributed by atoms with van der Waals surface area (Å²) in [6, 6.07) is 23.8. The van der Waals surface area contributed by atoms with Gasteiger partial charge in [0, 0.05) is 29.6 Å². The molecular formula is C30H32N2O4. The molecule has 2 atom stereocenters. The number of benzene rings is 3. The van der Waals surface area contributed by atoms with Crippen LogP contribution in [0.2, 0.25) is 0 Å². The molecule has 6 nitrogen and oxygen atoms in total. The minimum Gasteiger partial charge on any atom is -0.497 e. The normalized spacial score (nSPS) is 17.7. The molecule has 0 amide bonds. The molecule has 0 saturated carbocycles. The highest BCUT2D eigenvalue weighted by molar-refractivity contribution is 5.87. The van der Waals surface area contributed by atoms with Gasteiger partial charge in [-0.1, -0.05) is 42.5 Å². The summed E-state index contributed by atoms with van der Waals surface area (Å²) in [6.07, 6.45) is 0.386. The van der Waals surface area contributed by atoms with E-state index in [1.54, 1.807) is 14.2 Å². The van der Waals surface area contributed by atoms with Crippen LogP contribution in [0.1, 0.15) is 42.3 Å². The summed E-state index contributed by atoms with van der Waals surface area (Å²) in [5.74, 6) is 1.40. The Bertz CT molecular complexity index is 1340. The Morgan fingerprint density at radius 2 is 1.58 bits per heavy atom. The summed E-state index contributed by atoms with van der Waals surface area (Å²) in [5.41, 5.74) is 5.53. The number of carbonyl (C=O) groups excluding carboxylic acids is 1. The topological polar surface area (TPSA) is 63.8 Å². The maximum Gasteiger partial charge on any atom is 0.323 e. The molecule has 0 saturated heterocycles. The zero-order valence-electron chi connectivity index (χ0n) is 21.2. The predicted octanol–water partition coefficient (Wildman–Crippen LogP) is 5.65. The summed E-state index contributed by atoms with van der Waals surface area (Å²) >= 11 is 0. The zero-order valence-corrected chi connectivity index (χ0v) is 21.2. The van der Waals surface area contributed by atoms with Crippen molar-refractivity contribution in [2.75, 3.05) is 14.2 Å². The van der Waals surface area contributed by atoms with E-state index in [2.05, 4.69) is 46.3 Å². The summed E-state index contributed by atoms with van der Waals surface area (Å²) in [5, 5.41) is 1.15. The number of aromatic amines is 1. The first-order valence-electron chi connectivity index (χ1n) is 12.3. The molecule has 5 rings (SSSR count). The van der Waals surface area contributed by atoms with Crippen LogP contribution < -0.4 is 9.47 Å². The lowest BCUT2D eigenvalue weighted by molar-refractivity contribution is -0.155. The fraction of sp³-hybridized carbons (Fsp3) is 0.300.